The van der Waals surface area contributed by atoms with Gasteiger partial charge in [0, 0.05) is 25.7 Å². The van der Waals surface area contributed by atoms with Crippen molar-refractivity contribution in [1.29, 1.82) is 5.26 Å². The second kappa shape index (κ2) is 12.3. The Labute approximate surface area is 201 Å². The first-order valence-corrected chi connectivity index (χ1v) is 12.3. The summed E-state index contributed by atoms with van der Waals surface area (Å²) in [5.74, 6) is 0.353. The molecule has 0 radical (unpaired) electrons. The van der Waals surface area contributed by atoms with E-state index in [4.69, 9.17) is 9.47 Å². The van der Waals surface area contributed by atoms with Crippen molar-refractivity contribution in [1.82, 2.24) is 5.32 Å². The summed E-state index contributed by atoms with van der Waals surface area (Å²) in [5.41, 5.74) is 4.18. The highest BCUT2D eigenvalue weighted by molar-refractivity contribution is 7.16. The van der Waals surface area contributed by atoms with Crippen LogP contribution in [-0.2, 0) is 12.8 Å². The molecule has 34 heavy (non-hydrogen) atoms. The number of anilines is 1. The smallest absolute Gasteiger partial charge is 0.422 e. The SMILES string of the molecule is C[C@H](Cc1cc(C#N)c2c(c1)CCN2CCCP)NCCOc1ccccc1OCC(F)(F)F. The second-order valence-electron chi connectivity index (χ2n) is 8.40. The molecule has 1 unspecified atom stereocenters. The lowest BCUT2D eigenvalue weighted by Gasteiger charge is -2.21. The zero-order chi connectivity index (χ0) is 24.6. The number of halogens is 3. The molecule has 0 saturated heterocycles. The van der Waals surface area contributed by atoms with E-state index in [1.807, 2.05) is 6.07 Å². The van der Waals surface area contributed by atoms with Crippen molar-refractivity contribution >= 4 is 14.9 Å². The topological polar surface area (TPSA) is 57.5 Å². The number of nitriles is 1. The van der Waals surface area contributed by atoms with Crippen LogP contribution in [0.5, 0.6) is 11.5 Å². The number of rotatable bonds is 12. The Bertz CT molecular complexity index is 994. The number of hydrogen-bond donors (Lipinski definition) is 1. The Kier molecular flexibility index (Phi) is 9.44. The molecule has 0 spiro atoms. The molecule has 3 rings (SSSR count). The maximum atomic E-state index is 12.4. The molecule has 184 valence electrons. The monoisotopic (exact) mass is 493 g/mol. The highest BCUT2D eigenvalue weighted by Crippen LogP contribution is 2.33. The Hall–Kier alpha value is -2.49. The summed E-state index contributed by atoms with van der Waals surface area (Å²) >= 11 is 0. The first kappa shape index (κ1) is 26.1. The number of nitrogens with one attached hydrogen (secondary N) is 1. The molecule has 0 saturated carbocycles. The van der Waals surface area contributed by atoms with Gasteiger partial charge in [-0.3, -0.25) is 0 Å². The van der Waals surface area contributed by atoms with E-state index in [-0.39, 0.29) is 24.1 Å². The minimum absolute atomic E-state index is 0.0711. The largest absolute Gasteiger partial charge is 0.488 e. The molecule has 9 heteroatoms. The summed E-state index contributed by atoms with van der Waals surface area (Å²) in [7, 11) is 2.75. The molecule has 1 N–H and O–H groups in total. The fourth-order valence-corrected chi connectivity index (χ4v) is 4.32. The van der Waals surface area contributed by atoms with Gasteiger partial charge in [-0.15, -0.1) is 9.24 Å². The van der Waals surface area contributed by atoms with Crippen molar-refractivity contribution < 1.29 is 22.6 Å². The number of hydrogen-bond acceptors (Lipinski definition) is 5. The third-order valence-corrected chi connectivity index (χ3v) is 6.01. The van der Waals surface area contributed by atoms with Crippen LogP contribution in [-0.4, -0.2) is 51.2 Å². The molecule has 1 aliphatic rings. The van der Waals surface area contributed by atoms with Crippen LogP contribution in [0.25, 0.3) is 0 Å². The Balaban J connectivity index is 1.50. The standard InChI is InChI=1S/C25H31F3N3O2P/c1-18(30-8-11-32-22-5-2-3-6-23(22)33-17-25(26,27)28)13-19-14-20-7-10-31(9-4-12-34)24(20)21(15-19)16-29/h2-3,5-6,14-15,18,30H,4,7-13,17,34H2,1H3/t18-/m1/s1. The Morgan fingerprint density at radius 2 is 1.94 bits per heavy atom. The number of ether oxygens (including phenoxy) is 2. The number of para-hydroxylation sites is 2. The minimum atomic E-state index is -4.40. The highest BCUT2D eigenvalue weighted by atomic mass is 31.0. The molecule has 2 atom stereocenters. The third-order valence-electron chi connectivity index (χ3n) is 5.60. The molecular formula is C25H31F3N3O2P. The van der Waals surface area contributed by atoms with E-state index in [2.05, 4.69) is 38.5 Å². The van der Waals surface area contributed by atoms with E-state index in [1.165, 1.54) is 11.6 Å². The van der Waals surface area contributed by atoms with Gasteiger partial charge in [0.2, 0.25) is 0 Å². The van der Waals surface area contributed by atoms with Crippen LogP contribution in [0.4, 0.5) is 18.9 Å². The van der Waals surface area contributed by atoms with Gasteiger partial charge in [-0.1, -0.05) is 18.2 Å². The van der Waals surface area contributed by atoms with Gasteiger partial charge in [0.25, 0.3) is 0 Å². The quantitative estimate of drug-likeness (QED) is 0.342. The predicted molar refractivity (Wildman–Crippen MR) is 131 cm³/mol. The van der Waals surface area contributed by atoms with Crippen LogP contribution in [0, 0.1) is 11.3 Å². The van der Waals surface area contributed by atoms with Crippen LogP contribution in [0.2, 0.25) is 0 Å². The number of benzene rings is 2. The molecule has 0 bridgehead atoms. The van der Waals surface area contributed by atoms with Crippen molar-refractivity contribution in [2.24, 2.45) is 0 Å². The van der Waals surface area contributed by atoms with Crippen LogP contribution in [0.15, 0.2) is 36.4 Å². The Morgan fingerprint density at radius 1 is 1.21 bits per heavy atom. The maximum Gasteiger partial charge on any atom is 0.422 e. The second-order valence-corrected chi connectivity index (χ2v) is 8.98. The van der Waals surface area contributed by atoms with Crippen LogP contribution in [0.1, 0.15) is 30.0 Å². The van der Waals surface area contributed by atoms with Crippen molar-refractivity contribution in [2.75, 3.05) is 43.9 Å². The molecule has 1 aliphatic heterocycles. The van der Waals surface area contributed by atoms with E-state index in [1.54, 1.807) is 18.2 Å². The molecule has 0 aliphatic carbocycles. The van der Waals surface area contributed by atoms with E-state index in [9.17, 15) is 18.4 Å². The van der Waals surface area contributed by atoms with E-state index < -0.39 is 12.8 Å². The lowest BCUT2D eigenvalue weighted by molar-refractivity contribution is -0.153. The molecule has 2 aromatic carbocycles. The lowest BCUT2D eigenvalue weighted by Crippen LogP contribution is -2.32. The van der Waals surface area contributed by atoms with Crippen molar-refractivity contribution in [3.8, 4) is 17.6 Å². The zero-order valence-electron chi connectivity index (χ0n) is 19.3. The van der Waals surface area contributed by atoms with Crippen LogP contribution < -0.4 is 19.7 Å². The molecule has 1 heterocycles. The van der Waals surface area contributed by atoms with E-state index in [0.717, 1.165) is 55.3 Å². The number of fused-ring (bicyclic) bond motifs is 1. The van der Waals surface area contributed by atoms with Gasteiger partial charge in [0.15, 0.2) is 18.1 Å². The van der Waals surface area contributed by atoms with Gasteiger partial charge in [0.1, 0.15) is 12.7 Å². The van der Waals surface area contributed by atoms with Gasteiger partial charge in [-0.25, -0.2) is 0 Å². The van der Waals surface area contributed by atoms with Gasteiger partial charge < -0.3 is 19.7 Å². The van der Waals surface area contributed by atoms with Gasteiger partial charge in [-0.2, -0.15) is 18.4 Å². The fraction of sp³-hybridized carbons (Fsp3) is 0.480. The summed E-state index contributed by atoms with van der Waals surface area (Å²) < 4.78 is 47.8. The normalized spacial score (nSPS) is 13.9. The molecule has 2 aromatic rings. The highest BCUT2D eigenvalue weighted by Gasteiger charge is 2.29. The van der Waals surface area contributed by atoms with Crippen molar-refractivity contribution in [2.45, 2.75) is 38.4 Å². The van der Waals surface area contributed by atoms with Crippen molar-refractivity contribution in [3.05, 3.63) is 53.1 Å². The fourth-order valence-electron chi connectivity index (χ4n) is 4.14. The Morgan fingerprint density at radius 3 is 2.62 bits per heavy atom. The zero-order valence-corrected chi connectivity index (χ0v) is 20.5. The summed E-state index contributed by atoms with van der Waals surface area (Å²) in [6.45, 7) is 3.43. The summed E-state index contributed by atoms with van der Waals surface area (Å²) in [4.78, 5) is 2.32. The van der Waals surface area contributed by atoms with Gasteiger partial charge >= 0.3 is 6.18 Å². The number of alkyl halides is 3. The third kappa shape index (κ3) is 7.51. The van der Waals surface area contributed by atoms with Crippen LogP contribution >= 0.6 is 9.24 Å². The lowest BCUT2D eigenvalue weighted by atomic mass is 9.99. The maximum absolute atomic E-state index is 12.4. The van der Waals surface area contributed by atoms with Crippen molar-refractivity contribution in [3.63, 3.8) is 0 Å². The molecule has 5 nitrogen and oxygen atoms in total. The molecular weight excluding hydrogens is 462 g/mol. The first-order chi connectivity index (χ1) is 16.3. The summed E-state index contributed by atoms with van der Waals surface area (Å²) in [6, 6.07) is 13.0. The predicted octanol–water partition coefficient (Wildman–Crippen LogP) is 4.73. The minimum Gasteiger partial charge on any atom is -0.488 e. The van der Waals surface area contributed by atoms with Gasteiger partial charge in [-0.05, 0) is 61.7 Å². The molecule has 0 fully saturated rings. The van der Waals surface area contributed by atoms with E-state index in [0.29, 0.717) is 6.54 Å². The molecule has 0 aromatic heterocycles. The average molecular weight is 494 g/mol. The van der Waals surface area contributed by atoms with Gasteiger partial charge in [0.05, 0.1) is 11.3 Å². The molecule has 0 amide bonds. The average Bonchev–Trinajstić information content (AvgIpc) is 3.21. The number of nitrogens with zero attached hydrogens (tertiary/aromatic N) is 2. The van der Waals surface area contributed by atoms with Crippen LogP contribution in [0.3, 0.4) is 0 Å². The van der Waals surface area contributed by atoms with E-state index >= 15 is 0 Å². The summed E-state index contributed by atoms with van der Waals surface area (Å²) in [6.07, 6.45) is -0.553. The summed E-state index contributed by atoms with van der Waals surface area (Å²) in [5, 5.41) is 13.1. The first-order valence-electron chi connectivity index (χ1n) is 11.5.